The lowest BCUT2D eigenvalue weighted by Crippen LogP contribution is -2.40. The lowest BCUT2D eigenvalue weighted by atomic mass is 10.2. The van der Waals surface area contributed by atoms with Gasteiger partial charge in [0.15, 0.2) is 0 Å². The van der Waals surface area contributed by atoms with E-state index < -0.39 is 0 Å². The Morgan fingerprint density at radius 2 is 1.97 bits per heavy atom. The van der Waals surface area contributed by atoms with Crippen LogP contribution >= 0.6 is 11.6 Å². The summed E-state index contributed by atoms with van der Waals surface area (Å²) in [7, 11) is 1.77. The van der Waals surface area contributed by atoms with Crippen molar-refractivity contribution in [3.05, 3.63) is 59.1 Å². The third kappa shape index (κ3) is 3.99. The molecule has 0 aliphatic carbocycles. The van der Waals surface area contributed by atoms with Crippen LogP contribution in [-0.2, 0) is 4.74 Å². The third-order valence-corrected chi connectivity index (χ3v) is 5.43. The van der Waals surface area contributed by atoms with Gasteiger partial charge in [-0.3, -0.25) is 9.56 Å². The van der Waals surface area contributed by atoms with Crippen molar-refractivity contribution in [3.63, 3.8) is 0 Å². The topological polar surface area (TPSA) is 80.7 Å². The number of hydrogen-bond donors (Lipinski definition) is 2. The minimum atomic E-state index is 0.517. The Morgan fingerprint density at radius 3 is 2.70 bits per heavy atom. The van der Waals surface area contributed by atoms with Gasteiger partial charge in [0, 0.05) is 26.2 Å². The van der Waals surface area contributed by atoms with E-state index in [2.05, 4.69) is 15.2 Å². The molecule has 7 nitrogen and oxygen atoms in total. The van der Waals surface area contributed by atoms with Crippen LogP contribution in [-0.4, -0.2) is 53.6 Å². The fourth-order valence-corrected chi connectivity index (χ4v) is 3.83. The molecule has 0 spiro atoms. The molecule has 8 heteroatoms. The van der Waals surface area contributed by atoms with Gasteiger partial charge in [-0.25, -0.2) is 4.98 Å². The molecule has 0 saturated carbocycles. The van der Waals surface area contributed by atoms with Crippen LogP contribution in [0.1, 0.15) is 5.56 Å². The highest BCUT2D eigenvalue weighted by Crippen LogP contribution is 2.31. The Bertz CT molecular complexity index is 1090. The first-order valence-corrected chi connectivity index (χ1v) is 10.2. The minimum Gasteiger partial charge on any atom is -0.385 e. The fraction of sp³-hybridized carbons (Fsp3) is 0.273. The Labute approximate surface area is 180 Å². The second-order valence-electron chi connectivity index (χ2n) is 7.07. The van der Waals surface area contributed by atoms with Gasteiger partial charge in [-0.05, 0) is 30.7 Å². The van der Waals surface area contributed by atoms with Crippen LogP contribution in [0.3, 0.4) is 0 Å². The number of fused-ring (bicyclic) bond motifs is 1. The number of morpholine rings is 1. The van der Waals surface area contributed by atoms with Crippen molar-refractivity contribution in [3.8, 4) is 0 Å². The van der Waals surface area contributed by atoms with Gasteiger partial charge in [0.05, 0.1) is 35.0 Å². The van der Waals surface area contributed by atoms with Crippen molar-refractivity contribution in [1.82, 2.24) is 14.5 Å². The molecule has 3 aromatic rings. The van der Waals surface area contributed by atoms with Crippen molar-refractivity contribution < 1.29 is 4.74 Å². The largest absolute Gasteiger partial charge is 0.385 e. The second kappa shape index (κ2) is 8.77. The van der Waals surface area contributed by atoms with Crippen molar-refractivity contribution in [1.29, 1.82) is 0 Å². The molecule has 1 saturated heterocycles. The maximum Gasteiger partial charge on any atom is 0.214 e. The predicted octanol–water partition coefficient (Wildman–Crippen LogP) is 3.86. The van der Waals surface area contributed by atoms with E-state index in [1.165, 1.54) is 0 Å². The first-order valence-electron chi connectivity index (χ1n) is 9.85. The number of aromatic nitrogens is 2. The van der Waals surface area contributed by atoms with E-state index in [1.807, 2.05) is 60.0 Å². The highest BCUT2D eigenvalue weighted by atomic mass is 35.5. The van der Waals surface area contributed by atoms with Gasteiger partial charge in [0.25, 0.3) is 0 Å². The summed E-state index contributed by atoms with van der Waals surface area (Å²) in [4.78, 5) is 11.4. The van der Waals surface area contributed by atoms with Crippen molar-refractivity contribution >= 4 is 45.9 Å². The van der Waals surface area contributed by atoms with Gasteiger partial charge in [0.1, 0.15) is 11.7 Å². The van der Waals surface area contributed by atoms with Crippen LogP contribution in [0, 0.1) is 6.92 Å². The molecular weight excluding hydrogens is 400 g/mol. The highest BCUT2D eigenvalue weighted by Gasteiger charge is 2.18. The number of amidine groups is 1. The molecule has 1 aromatic heterocycles. The number of hydrogen-bond acceptors (Lipinski definition) is 5. The first-order chi connectivity index (χ1) is 14.6. The number of aryl methyl sites for hydroxylation is 1. The quantitative estimate of drug-likeness (QED) is 0.491. The fourth-order valence-electron chi connectivity index (χ4n) is 3.56. The van der Waals surface area contributed by atoms with E-state index in [-0.39, 0.29) is 0 Å². The van der Waals surface area contributed by atoms with E-state index >= 15 is 0 Å². The Kier molecular flexibility index (Phi) is 5.92. The molecule has 0 atom stereocenters. The van der Waals surface area contributed by atoms with Crippen molar-refractivity contribution in [2.24, 2.45) is 10.7 Å². The van der Waals surface area contributed by atoms with Crippen molar-refractivity contribution in [2.75, 3.05) is 38.7 Å². The highest BCUT2D eigenvalue weighted by molar-refractivity contribution is 6.33. The molecule has 0 radical (unpaired) electrons. The molecular formula is C22H25ClN6O. The van der Waals surface area contributed by atoms with Gasteiger partial charge >= 0.3 is 0 Å². The molecule has 2 heterocycles. The average molecular weight is 425 g/mol. The molecule has 1 aliphatic heterocycles. The third-order valence-electron chi connectivity index (χ3n) is 5.12. The number of rotatable bonds is 4. The average Bonchev–Trinajstić information content (AvgIpc) is 3.13. The summed E-state index contributed by atoms with van der Waals surface area (Å²) in [5, 5.41) is 4.00. The molecule has 3 N–H and O–H groups in total. The number of nitrogens with one attached hydrogen (secondary N) is 1. The Hall–Kier alpha value is -3.03. The number of anilines is 2. The monoisotopic (exact) mass is 424 g/mol. The number of halogens is 1. The summed E-state index contributed by atoms with van der Waals surface area (Å²) in [6, 6.07) is 13.6. The van der Waals surface area contributed by atoms with Crippen LogP contribution in [0.5, 0.6) is 0 Å². The van der Waals surface area contributed by atoms with Crippen LogP contribution in [0.15, 0.2) is 53.5 Å². The number of nitrogens with two attached hydrogens (primary N) is 1. The van der Waals surface area contributed by atoms with Gasteiger partial charge < -0.3 is 20.7 Å². The predicted molar refractivity (Wildman–Crippen MR) is 123 cm³/mol. The summed E-state index contributed by atoms with van der Waals surface area (Å²) >= 11 is 6.44. The number of ether oxygens (including phenoxy) is 1. The SMILES string of the molecule is CN=C(C=C(N)n1c(Nc2c(C)cccc2Cl)nc2ccccc21)N1CCOCC1. The normalized spacial score (nSPS) is 15.6. The lowest BCUT2D eigenvalue weighted by molar-refractivity contribution is 0.0684. The van der Waals surface area contributed by atoms with E-state index in [4.69, 9.17) is 27.1 Å². The number of aliphatic imine (C=N–C) groups is 1. The van der Waals surface area contributed by atoms with Crippen LogP contribution in [0.4, 0.5) is 11.6 Å². The van der Waals surface area contributed by atoms with E-state index in [0.717, 1.165) is 41.2 Å². The van der Waals surface area contributed by atoms with Crippen LogP contribution in [0.25, 0.3) is 16.9 Å². The molecule has 30 heavy (non-hydrogen) atoms. The van der Waals surface area contributed by atoms with Gasteiger partial charge in [-0.2, -0.15) is 0 Å². The maximum absolute atomic E-state index is 6.59. The summed E-state index contributed by atoms with van der Waals surface area (Å²) in [5.74, 6) is 1.93. The molecule has 0 bridgehead atoms. The van der Waals surface area contributed by atoms with Gasteiger partial charge in [0.2, 0.25) is 5.95 Å². The van der Waals surface area contributed by atoms with Crippen LogP contribution < -0.4 is 11.1 Å². The van der Waals surface area contributed by atoms with Gasteiger partial charge in [-0.1, -0.05) is 35.9 Å². The zero-order valence-corrected chi connectivity index (χ0v) is 17.9. The molecule has 4 rings (SSSR count). The molecule has 0 unspecified atom stereocenters. The smallest absolute Gasteiger partial charge is 0.214 e. The summed E-state index contributed by atoms with van der Waals surface area (Å²) in [5.41, 5.74) is 10.2. The molecule has 1 aliphatic rings. The first kappa shape index (κ1) is 20.3. The summed E-state index contributed by atoms with van der Waals surface area (Å²) in [6.07, 6.45) is 1.88. The molecule has 2 aromatic carbocycles. The van der Waals surface area contributed by atoms with Crippen molar-refractivity contribution in [2.45, 2.75) is 6.92 Å². The molecule has 0 amide bonds. The van der Waals surface area contributed by atoms with Crippen LogP contribution in [0.2, 0.25) is 5.02 Å². The molecule has 1 fully saturated rings. The number of benzene rings is 2. The molecule has 156 valence electrons. The lowest BCUT2D eigenvalue weighted by Gasteiger charge is -2.28. The Morgan fingerprint density at radius 1 is 1.20 bits per heavy atom. The van der Waals surface area contributed by atoms with E-state index in [0.29, 0.717) is 30.0 Å². The van der Waals surface area contributed by atoms with E-state index in [9.17, 15) is 0 Å². The minimum absolute atomic E-state index is 0.517. The van der Waals surface area contributed by atoms with E-state index in [1.54, 1.807) is 7.05 Å². The second-order valence-corrected chi connectivity index (χ2v) is 7.47. The summed E-state index contributed by atoms with van der Waals surface area (Å²) in [6.45, 7) is 4.93. The zero-order valence-electron chi connectivity index (χ0n) is 17.1. The standard InChI is InChI=1S/C22H25ClN6O/c1-15-6-5-7-16(23)21(15)27-22-26-17-8-3-4-9-18(17)29(22)19(24)14-20(25-2)28-10-12-30-13-11-28/h3-9,14H,10-13,24H2,1-2H3,(H,26,27). The zero-order chi connectivity index (χ0) is 21.1. The maximum atomic E-state index is 6.59. The number of nitrogens with zero attached hydrogens (tertiary/aromatic N) is 4. The Balaban J connectivity index is 1.78. The summed E-state index contributed by atoms with van der Waals surface area (Å²) < 4.78 is 7.34. The van der Waals surface area contributed by atoms with Gasteiger partial charge in [-0.15, -0.1) is 0 Å². The number of imidazole rings is 1. The number of para-hydroxylation sites is 3.